The minimum absolute atomic E-state index is 0.146. The summed E-state index contributed by atoms with van der Waals surface area (Å²) in [6.07, 6.45) is 1.41. The maximum atomic E-state index is 9.39. The van der Waals surface area contributed by atoms with Crippen LogP contribution in [-0.2, 0) is 0 Å². The lowest BCUT2D eigenvalue weighted by atomic mass is 10.3. The zero-order valence-electron chi connectivity index (χ0n) is 9.61. The van der Waals surface area contributed by atoms with Crippen molar-refractivity contribution in [2.75, 3.05) is 0 Å². The molecule has 0 amide bonds. The summed E-state index contributed by atoms with van der Waals surface area (Å²) >= 11 is 0. The van der Waals surface area contributed by atoms with Crippen molar-refractivity contribution in [1.29, 1.82) is 0 Å². The molecule has 0 radical (unpaired) electrons. The highest BCUT2D eigenvalue weighted by Gasteiger charge is 2.07. The minimum Gasteiger partial charge on any atom is -0.508 e. The third-order valence-corrected chi connectivity index (χ3v) is 2.39. The Bertz CT molecular complexity index is 708. The van der Waals surface area contributed by atoms with Crippen LogP contribution in [0.3, 0.4) is 0 Å². The van der Waals surface area contributed by atoms with Crippen LogP contribution in [0.25, 0.3) is 5.78 Å². The molecule has 6 nitrogen and oxygen atoms in total. The zero-order chi connectivity index (χ0) is 12.5. The summed E-state index contributed by atoms with van der Waals surface area (Å²) in [6, 6.07) is 8.31. The van der Waals surface area contributed by atoms with Gasteiger partial charge >= 0.3 is 0 Å². The number of phenolic OH excluding ortho intramolecular Hbond substituents is 1. The fourth-order valence-electron chi connectivity index (χ4n) is 1.64. The first-order chi connectivity index (χ1) is 8.72. The Kier molecular flexibility index (Phi) is 2.33. The Morgan fingerprint density at radius 3 is 3.00 bits per heavy atom. The van der Waals surface area contributed by atoms with Crippen LogP contribution in [0.15, 0.2) is 36.7 Å². The lowest BCUT2D eigenvalue weighted by Gasteiger charge is -2.07. The highest BCUT2D eigenvalue weighted by molar-refractivity contribution is 5.38. The first-order valence-electron chi connectivity index (χ1n) is 5.37. The molecule has 0 spiro atoms. The number of aryl methyl sites for hydroxylation is 1. The van der Waals surface area contributed by atoms with Gasteiger partial charge in [0.1, 0.15) is 17.8 Å². The fraction of sp³-hybridized carbons (Fsp3) is 0.0833. The molecule has 0 saturated heterocycles. The van der Waals surface area contributed by atoms with Crippen LogP contribution in [0.4, 0.5) is 0 Å². The van der Waals surface area contributed by atoms with Crippen LogP contribution in [0.1, 0.15) is 5.69 Å². The van der Waals surface area contributed by atoms with E-state index in [0.29, 0.717) is 17.4 Å². The average molecular weight is 242 g/mol. The monoisotopic (exact) mass is 242 g/mol. The van der Waals surface area contributed by atoms with E-state index in [9.17, 15) is 5.11 Å². The number of hydrogen-bond donors (Lipinski definition) is 1. The number of ether oxygens (including phenoxy) is 1. The van der Waals surface area contributed by atoms with Crippen molar-refractivity contribution in [3.05, 3.63) is 42.4 Å². The van der Waals surface area contributed by atoms with Gasteiger partial charge in [0.2, 0.25) is 5.88 Å². The van der Waals surface area contributed by atoms with Gasteiger partial charge in [0.25, 0.3) is 5.78 Å². The third-order valence-electron chi connectivity index (χ3n) is 2.39. The second kappa shape index (κ2) is 3.99. The highest BCUT2D eigenvalue weighted by atomic mass is 16.5. The number of phenols is 1. The molecule has 3 aromatic rings. The lowest BCUT2D eigenvalue weighted by Crippen LogP contribution is -1.99. The SMILES string of the molecule is Cc1cc(Oc2cccc(O)c2)n2ncnc2n1. The van der Waals surface area contributed by atoms with Crippen molar-refractivity contribution in [3.8, 4) is 17.4 Å². The smallest absolute Gasteiger partial charge is 0.255 e. The van der Waals surface area contributed by atoms with E-state index in [0.717, 1.165) is 5.69 Å². The fourth-order valence-corrected chi connectivity index (χ4v) is 1.64. The topological polar surface area (TPSA) is 72.5 Å². The molecule has 0 bridgehead atoms. The van der Waals surface area contributed by atoms with E-state index in [-0.39, 0.29) is 5.75 Å². The number of fused-ring (bicyclic) bond motifs is 1. The normalized spacial score (nSPS) is 10.7. The maximum Gasteiger partial charge on any atom is 0.255 e. The molecular weight excluding hydrogens is 232 g/mol. The zero-order valence-corrected chi connectivity index (χ0v) is 9.61. The Labute approximate surface area is 103 Å². The van der Waals surface area contributed by atoms with Gasteiger partial charge in [-0.25, -0.2) is 4.98 Å². The van der Waals surface area contributed by atoms with Gasteiger partial charge in [-0.3, -0.25) is 0 Å². The van der Waals surface area contributed by atoms with Gasteiger partial charge < -0.3 is 9.84 Å². The van der Waals surface area contributed by atoms with Gasteiger partial charge in [-0.2, -0.15) is 14.6 Å². The average Bonchev–Trinajstić information content (AvgIpc) is 2.77. The van der Waals surface area contributed by atoms with Gasteiger partial charge in [0.15, 0.2) is 0 Å². The van der Waals surface area contributed by atoms with E-state index in [1.54, 1.807) is 24.3 Å². The molecule has 0 aliphatic rings. The molecular formula is C12H10N4O2. The molecule has 2 heterocycles. The lowest BCUT2D eigenvalue weighted by molar-refractivity contribution is 0.434. The molecule has 0 saturated carbocycles. The molecule has 0 unspecified atom stereocenters. The molecule has 1 N–H and O–H groups in total. The van der Waals surface area contributed by atoms with Crippen molar-refractivity contribution >= 4 is 5.78 Å². The first kappa shape index (κ1) is 10.5. The van der Waals surface area contributed by atoms with Crippen LogP contribution in [-0.4, -0.2) is 24.7 Å². The van der Waals surface area contributed by atoms with Gasteiger partial charge in [0.05, 0.1) is 0 Å². The van der Waals surface area contributed by atoms with Crippen LogP contribution in [0, 0.1) is 6.92 Å². The molecule has 18 heavy (non-hydrogen) atoms. The van der Waals surface area contributed by atoms with Crippen LogP contribution in [0.5, 0.6) is 17.4 Å². The number of hydrogen-bond acceptors (Lipinski definition) is 5. The van der Waals surface area contributed by atoms with Crippen LogP contribution in [0.2, 0.25) is 0 Å². The molecule has 90 valence electrons. The molecule has 2 aromatic heterocycles. The molecule has 6 heteroatoms. The molecule has 0 aliphatic carbocycles. The van der Waals surface area contributed by atoms with Crippen LogP contribution >= 0.6 is 0 Å². The molecule has 3 rings (SSSR count). The summed E-state index contributed by atoms with van der Waals surface area (Å²) < 4.78 is 7.17. The summed E-state index contributed by atoms with van der Waals surface area (Å²) in [7, 11) is 0. The quantitative estimate of drug-likeness (QED) is 0.743. The van der Waals surface area contributed by atoms with Gasteiger partial charge in [-0.1, -0.05) is 6.07 Å². The Morgan fingerprint density at radius 2 is 2.17 bits per heavy atom. The summed E-state index contributed by atoms with van der Waals surface area (Å²) in [4.78, 5) is 8.23. The summed E-state index contributed by atoms with van der Waals surface area (Å²) in [5.74, 6) is 1.65. The predicted molar refractivity (Wildman–Crippen MR) is 63.7 cm³/mol. The number of nitrogens with zero attached hydrogens (tertiary/aromatic N) is 4. The minimum atomic E-state index is 0.146. The Hall–Kier alpha value is -2.63. The largest absolute Gasteiger partial charge is 0.508 e. The number of aromatic hydroxyl groups is 1. The van der Waals surface area contributed by atoms with Crippen molar-refractivity contribution in [2.45, 2.75) is 6.92 Å². The van der Waals surface area contributed by atoms with E-state index in [4.69, 9.17) is 4.74 Å². The standard InChI is InChI=1S/C12H10N4O2/c1-8-5-11(16-12(15-8)13-7-14-16)18-10-4-2-3-9(17)6-10/h2-7,17H,1H3. The van der Waals surface area contributed by atoms with Crippen molar-refractivity contribution in [1.82, 2.24) is 19.6 Å². The number of benzene rings is 1. The van der Waals surface area contributed by atoms with Crippen molar-refractivity contribution in [2.24, 2.45) is 0 Å². The van der Waals surface area contributed by atoms with Gasteiger partial charge in [-0.05, 0) is 19.1 Å². The van der Waals surface area contributed by atoms with Crippen molar-refractivity contribution in [3.63, 3.8) is 0 Å². The van der Waals surface area contributed by atoms with Gasteiger partial charge in [-0.15, -0.1) is 0 Å². The molecule has 0 atom stereocenters. The highest BCUT2D eigenvalue weighted by Crippen LogP contribution is 2.24. The van der Waals surface area contributed by atoms with Crippen LogP contribution < -0.4 is 4.74 Å². The Morgan fingerprint density at radius 1 is 1.28 bits per heavy atom. The first-order valence-corrected chi connectivity index (χ1v) is 5.37. The van der Waals surface area contributed by atoms with E-state index >= 15 is 0 Å². The summed E-state index contributed by atoms with van der Waals surface area (Å²) in [5.41, 5.74) is 0.783. The van der Waals surface area contributed by atoms with Gasteiger partial charge in [0, 0.05) is 17.8 Å². The summed E-state index contributed by atoms with van der Waals surface area (Å²) in [6.45, 7) is 1.85. The number of rotatable bonds is 2. The molecule has 1 aromatic carbocycles. The summed E-state index contributed by atoms with van der Waals surface area (Å²) in [5, 5.41) is 13.4. The second-order valence-corrected chi connectivity index (χ2v) is 3.81. The van der Waals surface area contributed by atoms with Crippen molar-refractivity contribution < 1.29 is 9.84 Å². The Balaban J connectivity index is 2.06. The van der Waals surface area contributed by atoms with E-state index in [1.165, 1.54) is 16.9 Å². The third kappa shape index (κ3) is 1.84. The molecule has 0 aliphatic heterocycles. The predicted octanol–water partition coefficient (Wildman–Crippen LogP) is 1.93. The van der Waals surface area contributed by atoms with E-state index < -0.39 is 0 Å². The number of aromatic nitrogens is 4. The maximum absolute atomic E-state index is 9.39. The van der Waals surface area contributed by atoms with E-state index in [1.807, 2.05) is 6.92 Å². The second-order valence-electron chi connectivity index (χ2n) is 3.81. The van der Waals surface area contributed by atoms with E-state index in [2.05, 4.69) is 15.1 Å². The molecule has 0 fully saturated rings.